The minimum atomic E-state index is -1.98. The maximum absolute atomic E-state index is 13.4. The molecule has 1 saturated heterocycles. The quantitative estimate of drug-likeness (QED) is 0.558. The molecule has 2 aliphatic rings. The second-order valence-corrected chi connectivity index (χ2v) is 9.70. The number of carboxylic acids is 1. The fourth-order valence-electron chi connectivity index (χ4n) is 5.32. The molecule has 3 N–H and O–H groups in total. The Kier molecular flexibility index (Phi) is 6.85. The van der Waals surface area contributed by atoms with Crippen molar-refractivity contribution in [3.8, 4) is 11.1 Å². The van der Waals surface area contributed by atoms with Crippen LogP contribution in [-0.2, 0) is 14.3 Å². The molecule has 2 atom stereocenters. The summed E-state index contributed by atoms with van der Waals surface area (Å²) in [6, 6.07) is 16.1. The molecule has 2 aromatic carbocycles. The van der Waals surface area contributed by atoms with Gasteiger partial charge in [-0.15, -0.1) is 0 Å². The smallest absolute Gasteiger partial charge is 0.408 e. The number of likely N-dealkylation sites (tertiary alicyclic amines) is 1. The normalized spacial score (nSPS) is 20.9. The van der Waals surface area contributed by atoms with Gasteiger partial charge in [-0.3, -0.25) is 4.79 Å². The Morgan fingerprint density at radius 3 is 2.29 bits per heavy atom. The molecule has 1 heterocycles. The van der Waals surface area contributed by atoms with Gasteiger partial charge in [0.15, 0.2) is 5.60 Å². The van der Waals surface area contributed by atoms with Crippen LogP contribution in [0.4, 0.5) is 4.79 Å². The molecule has 0 aromatic heterocycles. The van der Waals surface area contributed by atoms with E-state index in [1.807, 2.05) is 43.3 Å². The van der Waals surface area contributed by atoms with Crippen molar-refractivity contribution in [3.63, 3.8) is 0 Å². The van der Waals surface area contributed by atoms with Crippen LogP contribution in [0.2, 0.25) is 0 Å². The van der Waals surface area contributed by atoms with Gasteiger partial charge in [-0.05, 0) is 48.4 Å². The molecule has 1 aliphatic heterocycles. The number of benzene rings is 2. The van der Waals surface area contributed by atoms with Crippen molar-refractivity contribution in [2.75, 3.05) is 19.7 Å². The van der Waals surface area contributed by atoms with Crippen LogP contribution in [0, 0.1) is 0 Å². The van der Waals surface area contributed by atoms with Crippen molar-refractivity contribution >= 4 is 18.0 Å². The fraction of sp³-hybridized carbons (Fsp3) is 0.444. The molecule has 8 heteroatoms. The van der Waals surface area contributed by atoms with Gasteiger partial charge in [-0.25, -0.2) is 9.59 Å². The molecular weight excluding hydrogens is 448 g/mol. The van der Waals surface area contributed by atoms with Crippen LogP contribution < -0.4 is 5.32 Å². The Hall–Kier alpha value is -3.39. The van der Waals surface area contributed by atoms with Crippen LogP contribution in [0.5, 0.6) is 0 Å². The predicted octanol–water partition coefficient (Wildman–Crippen LogP) is 3.52. The number of β-amino-alcohol motifs (C(OH)–C–C–N with tert-alkyl or cyclic N) is 1. The summed E-state index contributed by atoms with van der Waals surface area (Å²) in [4.78, 5) is 39.1. The third-order valence-corrected chi connectivity index (χ3v) is 7.10. The lowest BCUT2D eigenvalue weighted by molar-refractivity contribution is -0.167. The highest BCUT2D eigenvalue weighted by Gasteiger charge is 2.46. The number of carbonyl (C=O) groups is 3. The van der Waals surface area contributed by atoms with E-state index >= 15 is 0 Å². The monoisotopic (exact) mass is 480 g/mol. The van der Waals surface area contributed by atoms with Crippen LogP contribution >= 0.6 is 0 Å². The summed E-state index contributed by atoms with van der Waals surface area (Å²) < 4.78 is 5.63. The van der Waals surface area contributed by atoms with E-state index in [1.165, 1.54) is 4.90 Å². The van der Waals surface area contributed by atoms with Crippen molar-refractivity contribution in [1.29, 1.82) is 0 Å². The number of hydrogen-bond donors (Lipinski definition) is 3. The highest BCUT2D eigenvalue weighted by atomic mass is 16.5. The minimum absolute atomic E-state index is 0.0798. The maximum atomic E-state index is 13.4. The number of alkyl carbamates (subject to hydrolysis) is 1. The summed E-state index contributed by atoms with van der Waals surface area (Å²) in [6.07, 6.45) is 0.695. The lowest BCUT2D eigenvalue weighted by atomic mass is 9.89. The zero-order valence-electron chi connectivity index (χ0n) is 20.1. The summed E-state index contributed by atoms with van der Waals surface area (Å²) in [5, 5.41) is 22.5. The topological polar surface area (TPSA) is 116 Å². The number of rotatable bonds is 7. The predicted molar refractivity (Wildman–Crippen MR) is 130 cm³/mol. The molecule has 0 radical (unpaired) electrons. The summed E-state index contributed by atoms with van der Waals surface area (Å²) >= 11 is 0. The number of hydrogen-bond acceptors (Lipinski definition) is 5. The van der Waals surface area contributed by atoms with E-state index in [9.17, 15) is 24.6 Å². The second kappa shape index (κ2) is 9.70. The van der Waals surface area contributed by atoms with E-state index in [4.69, 9.17) is 4.74 Å². The first-order valence-electron chi connectivity index (χ1n) is 12.1. The molecule has 4 rings (SSSR count). The third-order valence-electron chi connectivity index (χ3n) is 7.10. The average Bonchev–Trinajstić information content (AvgIpc) is 3.16. The number of aliphatic hydroxyl groups is 1. The summed E-state index contributed by atoms with van der Waals surface area (Å²) in [6.45, 7) is 3.65. The molecule has 2 unspecified atom stereocenters. The second-order valence-electron chi connectivity index (χ2n) is 9.70. The molecule has 2 amide bonds. The number of amides is 2. The van der Waals surface area contributed by atoms with Gasteiger partial charge in [0.1, 0.15) is 12.1 Å². The van der Waals surface area contributed by atoms with E-state index in [0.717, 1.165) is 22.3 Å². The van der Waals surface area contributed by atoms with Gasteiger partial charge >= 0.3 is 12.1 Å². The standard InChI is InChI=1S/C27H32N2O6/c1-3-13-26(2,23(30)29-15-8-14-27(34,17-29)24(31)32)28-25(33)35-16-22-20-11-6-4-9-18(20)19-10-5-7-12-21(19)22/h4-7,9-12,22,34H,3,8,13-17H2,1-2H3,(H,28,33)(H,31,32). The van der Waals surface area contributed by atoms with Gasteiger partial charge in [-0.2, -0.15) is 0 Å². The zero-order chi connectivity index (χ0) is 25.2. The Labute approximate surface area is 204 Å². The van der Waals surface area contributed by atoms with Gasteiger partial charge in [0.05, 0.1) is 6.54 Å². The Morgan fingerprint density at radius 2 is 1.71 bits per heavy atom. The molecule has 35 heavy (non-hydrogen) atoms. The van der Waals surface area contributed by atoms with E-state index in [1.54, 1.807) is 6.92 Å². The number of nitrogens with zero attached hydrogens (tertiary/aromatic N) is 1. The van der Waals surface area contributed by atoms with Crippen molar-refractivity contribution in [2.45, 2.75) is 56.6 Å². The number of carbonyl (C=O) groups excluding carboxylic acids is 2. The number of carboxylic acid groups (broad SMARTS) is 1. The zero-order valence-corrected chi connectivity index (χ0v) is 20.1. The average molecular weight is 481 g/mol. The molecule has 1 aliphatic carbocycles. The SMILES string of the molecule is CCCC(C)(NC(=O)OCC1c2ccccc2-c2ccccc21)C(=O)N1CCCC(O)(C(=O)O)C1. The summed E-state index contributed by atoms with van der Waals surface area (Å²) in [5.74, 6) is -1.88. The summed E-state index contributed by atoms with van der Waals surface area (Å²) in [7, 11) is 0. The first kappa shape index (κ1) is 24.7. The van der Waals surface area contributed by atoms with Crippen molar-refractivity contribution in [2.24, 2.45) is 0 Å². The van der Waals surface area contributed by atoms with Gasteiger partial charge in [0.2, 0.25) is 5.91 Å². The molecule has 0 bridgehead atoms. The highest BCUT2D eigenvalue weighted by molar-refractivity contribution is 5.90. The van der Waals surface area contributed by atoms with Crippen LogP contribution in [0.1, 0.15) is 56.6 Å². The number of nitrogens with one attached hydrogen (secondary N) is 1. The van der Waals surface area contributed by atoms with Crippen molar-refractivity contribution in [1.82, 2.24) is 10.2 Å². The van der Waals surface area contributed by atoms with E-state index < -0.39 is 29.1 Å². The van der Waals surface area contributed by atoms with Crippen LogP contribution in [0.15, 0.2) is 48.5 Å². The molecule has 186 valence electrons. The largest absolute Gasteiger partial charge is 0.479 e. The van der Waals surface area contributed by atoms with E-state index in [2.05, 4.69) is 17.4 Å². The number of ether oxygens (including phenoxy) is 1. The van der Waals surface area contributed by atoms with Gasteiger partial charge in [0, 0.05) is 12.5 Å². The first-order valence-corrected chi connectivity index (χ1v) is 12.1. The highest BCUT2D eigenvalue weighted by Crippen LogP contribution is 2.44. The van der Waals surface area contributed by atoms with Gasteiger partial charge < -0.3 is 25.2 Å². The van der Waals surface area contributed by atoms with Gasteiger partial charge in [0.25, 0.3) is 0 Å². The Bertz CT molecular complexity index is 1090. The number of aliphatic carboxylic acids is 1. The number of piperidine rings is 1. The molecule has 2 aromatic rings. The van der Waals surface area contributed by atoms with Crippen LogP contribution in [0.3, 0.4) is 0 Å². The van der Waals surface area contributed by atoms with Crippen LogP contribution in [0.25, 0.3) is 11.1 Å². The van der Waals surface area contributed by atoms with Crippen molar-refractivity contribution < 1.29 is 29.3 Å². The van der Waals surface area contributed by atoms with Crippen molar-refractivity contribution in [3.05, 3.63) is 59.7 Å². The fourth-order valence-corrected chi connectivity index (χ4v) is 5.32. The van der Waals surface area contributed by atoms with E-state index in [0.29, 0.717) is 25.8 Å². The molecule has 8 nitrogen and oxygen atoms in total. The summed E-state index contributed by atoms with van der Waals surface area (Å²) in [5.41, 5.74) is 1.17. The van der Waals surface area contributed by atoms with Crippen LogP contribution in [-0.4, -0.2) is 63.9 Å². The number of fused-ring (bicyclic) bond motifs is 3. The Morgan fingerprint density at radius 1 is 1.11 bits per heavy atom. The molecule has 1 fully saturated rings. The molecule has 0 saturated carbocycles. The lowest BCUT2D eigenvalue weighted by Gasteiger charge is -2.41. The first-order chi connectivity index (χ1) is 16.7. The maximum Gasteiger partial charge on any atom is 0.408 e. The van der Waals surface area contributed by atoms with E-state index in [-0.39, 0.29) is 25.5 Å². The minimum Gasteiger partial charge on any atom is -0.479 e. The molecular formula is C27H32N2O6. The Balaban J connectivity index is 1.46. The lowest BCUT2D eigenvalue weighted by Crippen LogP contribution is -2.63. The third kappa shape index (κ3) is 4.75. The molecule has 0 spiro atoms. The van der Waals surface area contributed by atoms with Gasteiger partial charge in [-0.1, -0.05) is 61.9 Å².